The maximum Gasteiger partial charge on any atom is 0.271 e. The second kappa shape index (κ2) is 9.69. The normalized spacial score (nSPS) is 14.6. The third-order valence-corrected chi connectivity index (χ3v) is 7.11. The Morgan fingerprint density at radius 2 is 1.81 bits per heavy atom. The summed E-state index contributed by atoms with van der Waals surface area (Å²) in [6.07, 6.45) is 6.76. The number of amides is 1. The van der Waals surface area contributed by atoms with Crippen molar-refractivity contribution in [2.24, 2.45) is 5.92 Å². The minimum absolute atomic E-state index is 0.102. The number of benzene rings is 2. The number of H-pyrrole nitrogens is 1. The Bertz CT molecular complexity index is 1130. The third-order valence-electron chi connectivity index (χ3n) is 6.09. The highest BCUT2D eigenvalue weighted by molar-refractivity contribution is 7.98. The van der Waals surface area contributed by atoms with Crippen LogP contribution in [-0.2, 0) is 10.5 Å². The minimum Gasteiger partial charge on any atom is -0.326 e. The molecule has 1 aliphatic carbocycles. The number of carbonyl (C=O) groups is 1. The van der Waals surface area contributed by atoms with Gasteiger partial charge in [-0.2, -0.15) is 0 Å². The summed E-state index contributed by atoms with van der Waals surface area (Å²) in [5, 5.41) is 3.01. The molecule has 162 valence electrons. The van der Waals surface area contributed by atoms with E-state index in [0.717, 1.165) is 32.7 Å². The Morgan fingerprint density at radius 3 is 2.55 bits per heavy atom. The Labute approximate surface area is 187 Å². The van der Waals surface area contributed by atoms with E-state index in [1.165, 1.54) is 32.1 Å². The molecule has 4 rings (SSSR count). The summed E-state index contributed by atoms with van der Waals surface area (Å²) < 4.78 is 0. The molecule has 5 nitrogen and oxygen atoms in total. The summed E-state index contributed by atoms with van der Waals surface area (Å²) in [6.45, 7) is 4.07. The zero-order valence-corrected chi connectivity index (χ0v) is 19.0. The second-order valence-corrected chi connectivity index (χ2v) is 9.58. The van der Waals surface area contributed by atoms with Crippen LogP contribution >= 0.6 is 11.8 Å². The zero-order chi connectivity index (χ0) is 21.8. The van der Waals surface area contributed by atoms with Gasteiger partial charge in [-0.1, -0.05) is 19.3 Å². The van der Waals surface area contributed by atoms with Gasteiger partial charge in [0.05, 0.1) is 11.0 Å². The molecular weight excluding hydrogens is 406 g/mol. The number of hydrogen-bond donors (Lipinski definition) is 2. The van der Waals surface area contributed by atoms with E-state index in [-0.39, 0.29) is 11.5 Å². The fraction of sp³-hybridized carbons (Fsp3) is 0.400. The number of fused-ring (bicyclic) bond motifs is 1. The van der Waals surface area contributed by atoms with E-state index in [9.17, 15) is 9.59 Å². The monoisotopic (exact) mass is 435 g/mol. The predicted molar refractivity (Wildman–Crippen MR) is 128 cm³/mol. The molecule has 3 aromatic rings. The van der Waals surface area contributed by atoms with Crippen molar-refractivity contribution in [3.63, 3.8) is 0 Å². The van der Waals surface area contributed by atoms with Gasteiger partial charge in [0, 0.05) is 22.8 Å². The van der Waals surface area contributed by atoms with Gasteiger partial charge in [-0.25, -0.2) is 4.98 Å². The minimum atomic E-state index is -0.144. The van der Waals surface area contributed by atoms with Crippen LogP contribution in [0.2, 0.25) is 0 Å². The van der Waals surface area contributed by atoms with Gasteiger partial charge < -0.3 is 10.3 Å². The molecule has 1 heterocycles. The van der Waals surface area contributed by atoms with Crippen LogP contribution in [0.4, 0.5) is 5.69 Å². The third kappa shape index (κ3) is 5.56. The number of aromatic amines is 1. The Balaban J connectivity index is 1.36. The Kier molecular flexibility index (Phi) is 6.76. The molecule has 1 aliphatic rings. The van der Waals surface area contributed by atoms with E-state index in [0.29, 0.717) is 23.8 Å². The van der Waals surface area contributed by atoms with Crippen molar-refractivity contribution >= 4 is 34.4 Å². The average Bonchev–Trinajstić information content (AvgIpc) is 2.75. The number of anilines is 1. The topological polar surface area (TPSA) is 74.8 Å². The molecule has 0 radical (unpaired) electrons. The smallest absolute Gasteiger partial charge is 0.271 e. The molecule has 0 spiro atoms. The molecule has 0 saturated heterocycles. The molecule has 1 saturated carbocycles. The largest absolute Gasteiger partial charge is 0.326 e. The average molecular weight is 436 g/mol. The van der Waals surface area contributed by atoms with E-state index < -0.39 is 0 Å². The molecule has 2 N–H and O–H groups in total. The van der Waals surface area contributed by atoms with Gasteiger partial charge in [0.25, 0.3) is 5.56 Å². The van der Waals surface area contributed by atoms with E-state index in [1.807, 2.05) is 50.2 Å². The van der Waals surface area contributed by atoms with Crippen molar-refractivity contribution in [1.82, 2.24) is 9.97 Å². The van der Waals surface area contributed by atoms with Crippen molar-refractivity contribution in [3.8, 4) is 0 Å². The first-order valence-electron chi connectivity index (χ1n) is 11.0. The second-order valence-electron chi connectivity index (χ2n) is 8.54. The van der Waals surface area contributed by atoms with Crippen molar-refractivity contribution in [3.05, 3.63) is 63.6 Å². The first kappa shape index (κ1) is 21.6. The fourth-order valence-electron chi connectivity index (χ4n) is 4.13. The number of thioether (sulfide) groups is 1. The molecular formula is C25H29N3O2S. The number of nitrogens with one attached hydrogen (secondary N) is 2. The lowest BCUT2D eigenvalue weighted by Crippen LogP contribution is -2.18. The fourth-order valence-corrected chi connectivity index (χ4v) is 4.96. The first-order chi connectivity index (χ1) is 15.0. The number of nitrogens with zero attached hydrogens (tertiary/aromatic N) is 1. The predicted octanol–water partition coefficient (Wildman–Crippen LogP) is 5.74. The molecule has 31 heavy (non-hydrogen) atoms. The summed E-state index contributed by atoms with van der Waals surface area (Å²) in [6, 6.07) is 11.8. The lowest BCUT2D eigenvalue weighted by Gasteiger charge is -2.20. The number of rotatable bonds is 6. The van der Waals surface area contributed by atoms with Gasteiger partial charge in [-0.05, 0) is 80.1 Å². The molecule has 1 amide bonds. The summed E-state index contributed by atoms with van der Waals surface area (Å²) in [5.74, 6) is 1.12. The van der Waals surface area contributed by atoms with Crippen LogP contribution in [0.25, 0.3) is 11.0 Å². The van der Waals surface area contributed by atoms with E-state index in [4.69, 9.17) is 0 Å². The maximum atomic E-state index is 12.4. The highest BCUT2D eigenvalue weighted by atomic mass is 32.2. The van der Waals surface area contributed by atoms with Crippen LogP contribution < -0.4 is 10.9 Å². The van der Waals surface area contributed by atoms with Crippen LogP contribution in [0.1, 0.15) is 55.3 Å². The van der Waals surface area contributed by atoms with Crippen LogP contribution in [0.3, 0.4) is 0 Å². The number of hydrogen-bond acceptors (Lipinski definition) is 4. The van der Waals surface area contributed by atoms with Gasteiger partial charge in [-0.15, -0.1) is 11.8 Å². The SMILES string of the molecule is Cc1cc2nc(CSc3ccc(NC(=O)CC4CCCCC4)cc3)c(=O)[nH]c2cc1C. The van der Waals surface area contributed by atoms with Gasteiger partial charge in [0.2, 0.25) is 5.91 Å². The van der Waals surface area contributed by atoms with E-state index in [2.05, 4.69) is 15.3 Å². The molecule has 1 aromatic heterocycles. The highest BCUT2D eigenvalue weighted by Crippen LogP contribution is 2.27. The molecule has 0 aliphatic heterocycles. The molecule has 6 heteroatoms. The lowest BCUT2D eigenvalue weighted by molar-refractivity contribution is -0.117. The number of carbonyl (C=O) groups excluding carboxylic acids is 1. The van der Waals surface area contributed by atoms with Crippen LogP contribution in [0.5, 0.6) is 0 Å². The van der Waals surface area contributed by atoms with Crippen LogP contribution in [0.15, 0.2) is 46.1 Å². The zero-order valence-electron chi connectivity index (χ0n) is 18.2. The molecule has 0 atom stereocenters. The quantitative estimate of drug-likeness (QED) is 0.484. The van der Waals surface area contributed by atoms with Crippen molar-refractivity contribution in [2.75, 3.05) is 5.32 Å². The first-order valence-corrected chi connectivity index (χ1v) is 12.0. The molecule has 2 aromatic carbocycles. The summed E-state index contributed by atoms with van der Waals surface area (Å²) in [5.41, 5.74) is 5.08. The van der Waals surface area contributed by atoms with Gasteiger partial charge in [-0.3, -0.25) is 9.59 Å². The highest BCUT2D eigenvalue weighted by Gasteiger charge is 2.17. The summed E-state index contributed by atoms with van der Waals surface area (Å²) in [7, 11) is 0. The lowest BCUT2D eigenvalue weighted by atomic mass is 9.87. The van der Waals surface area contributed by atoms with E-state index >= 15 is 0 Å². The van der Waals surface area contributed by atoms with Crippen LogP contribution in [0, 0.1) is 19.8 Å². The van der Waals surface area contributed by atoms with Crippen LogP contribution in [-0.4, -0.2) is 15.9 Å². The summed E-state index contributed by atoms with van der Waals surface area (Å²) in [4.78, 5) is 33.3. The van der Waals surface area contributed by atoms with Crippen molar-refractivity contribution in [1.29, 1.82) is 0 Å². The number of aromatic nitrogens is 2. The van der Waals surface area contributed by atoms with Gasteiger partial charge in [0.15, 0.2) is 0 Å². The molecule has 1 fully saturated rings. The Hall–Kier alpha value is -2.60. The standard InChI is InChI=1S/C25H29N3O2S/c1-16-12-21-22(13-17(16)2)28-25(30)23(27-21)15-31-20-10-8-19(9-11-20)26-24(29)14-18-6-4-3-5-7-18/h8-13,18H,3-7,14-15H2,1-2H3,(H,26,29)(H,28,30). The van der Waals surface area contributed by atoms with Gasteiger partial charge >= 0.3 is 0 Å². The van der Waals surface area contributed by atoms with E-state index in [1.54, 1.807) is 11.8 Å². The Morgan fingerprint density at radius 1 is 1.10 bits per heavy atom. The molecule has 0 unspecified atom stereocenters. The van der Waals surface area contributed by atoms with Crippen molar-refractivity contribution < 1.29 is 4.79 Å². The molecule has 0 bridgehead atoms. The number of aryl methyl sites for hydroxylation is 2. The van der Waals surface area contributed by atoms with Crippen molar-refractivity contribution in [2.45, 2.75) is 63.0 Å². The summed E-state index contributed by atoms with van der Waals surface area (Å²) >= 11 is 1.56. The van der Waals surface area contributed by atoms with Gasteiger partial charge in [0.1, 0.15) is 5.69 Å². The maximum absolute atomic E-state index is 12.4.